The molecule has 1 aromatic heterocycles. The van der Waals surface area contributed by atoms with Gasteiger partial charge >= 0.3 is 5.63 Å². The molecule has 2 aromatic carbocycles. The first-order valence-electron chi connectivity index (χ1n) is 13.5. The Morgan fingerprint density at radius 2 is 1.85 bits per heavy atom. The largest absolute Gasteiger partial charge is 0.505 e. The molecule has 1 amide bonds. The monoisotopic (exact) mass is 569 g/mol. The third kappa shape index (κ3) is 5.81. The highest BCUT2D eigenvalue weighted by Gasteiger charge is 2.50. The first kappa shape index (κ1) is 29.0. The molecule has 2 fully saturated rings. The summed E-state index contributed by atoms with van der Waals surface area (Å²) >= 11 is 0. The fourth-order valence-electron chi connectivity index (χ4n) is 5.31. The van der Waals surface area contributed by atoms with Crippen molar-refractivity contribution >= 4 is 22.6 Å². The van der Waals surface area contributed by atoms with E-state index in [1.54, 1.807) is 20.8 Å². The molecule has 41 heavy (non-hydrogen) atoms. The Bertz CT molecular complexity index is 1470. The summed E-state index contributed by atoms with van der Waals surface area (Å²) in [4.78, 5) is 25.6. The van der Waals surface area contributed by atoms with E-state index < -0.39 is 47.5 Å². The van der Waals surface area contributed by atoms with Gasteiger partial charge < -0.3 is 44.0 Å². The number of carbonyl (C=O) groups excluding carboxylic acids is 1. The molecule has 1 saturated heterocycles. The Labute approximate surface area is 236 Å². The molecule has 0 radical (unpaired) electrons. The number of benzene rings is 2. The summed E-state index contributed by atoms with van der Waals surface area (Å²) < 4.78 is 28.3. The number of hydrogen-bond acceptors (Lipinski definition) is 10. The smallest absolute Gasteiger partial charge is 0.364 e. The first-order valence-corrected chi connectivity index (χ1v) is 13.5. The Morgan fingerprint density at radius 3 is 2.56 bits per heavy atom. The van der Waals surface area contributed by atoms with Gasteiger partial charge in [0.2, 0.25) is 12.2 Å². The van der Waals surface area contributed by atoms with Crippen LogP contribution in [0.5, 0.6) is 11.5 Å². The third-order valence-electron chi connectivity index (χ3n) is 7.74. The van der Waals surface area contributed by atoms with Crippen molar-refractivity contribution in [3.05, 3.63) is 64.0 Å². The average molecular weight is 570 g/mol. The number of nitrogens with one attached hydrogen (secondary N) is 1. The number of anilines is 1. The Morgan fingerprint density at radius 1 is 1.12 bits per heavy atom. The molecule has 6 atom stereocenters. The molecule has 1 aliphatic carbocycles. The molecule has 5 rings (SSSR count). The SMILES string of the molecule is CO[C@@H]1[C@@H](O)[C@@H](O)[C@H](Oc2ccc3c(O)c(NC(=O)C4CC4COCc4ccccc4)c(=O)oc3c2C)OC1(C)C. The van der Waals surface area contributed by atoms with Gasteiger partial charge in [-0.25, -0.2) is 4.79 Å². The topological polar surface area (TPSA) is 157 Å². The molecular weight excluding hydrogens is 534 g/mol. The van der Waals surface area contributed by atoms with E-state index in [1.807, 2.05) is 30.3 Å². The summed E-state index contributed by atoms with van der Waals surface area (Å²) in [6.45, 7) is 5.87. The van der Waals surface area contributed by atoms with Crippen LogP contribution in [0.25, 0.3) is 11.0 Å². The molecule has 2 aliphatic rings. The normalized spacial score (nSPS) is 27.0. The van der Waals surface area contributed by atoms with Gasteiger partial charge in [-0.05, 0) is 50.8 Å². The fourth-order valence-corrected chi connectivity index (χ4v) is 5.31. The predicted octanol–water partition coefficient (Wildman–Crippen LogP) is 2.85. The minimum Gasteiger partial charge on any atom is -0.505 e. The van der Waals surface area contributed by atoms with Crippen molar-refractivity contribution in [1.29, 1.82) is 0 Å². The number of fused-ring (bicyclic) bond motifs is 1. The van der Waals surface area contributed by atoms with E-state index in [2.05, 4.69) is 5.32 Å². The number of aliphatic hydroxyl groups excluding tert-OH is 2. The summed E-state index contributed by atoms with van der Waals surface area (Å²) in [7, 11) is 1.41. The van der Waals surface area contributed by atoms with Crippen LogP contribution in [0, 0.1) is 18.8 Å². The highest BCUT2D eigenvalue weighted by Crippen LogP contribution is 2.41. The number of ether oxygens (including phenoxy) is 4. The number of hydrogen-bond donors (Lipinski definition) is 4. The van der Waals surface area contributed by atoms with Crippen LogP contribution in [-0.2, 0) is 25.6 Å². The maximum absolute atomic E-state index is 12.8. The molecule has 3 aromatic rings. The van der Waals surface area contributed by atoms with E-state index in [0.29, 0.717) is 25.2 Å². The zero-order chi connectivity index (χ0) is 29.5. The van der Waals surface area contributed by atoms with Crippen molar-refractivity contribution in [3.63, 3.8) is 0 Å². The van der Waals surface area contributed by atoms with Gasteiger partial charge in [0.1, 0.15) is 29.6 Å². The van der Waals surface area contributed by atoms with E-state index in [0.717, 1.165) is 5.56 Å². The molecule has 2 unspecified atom stereocenters. The van der Waals surface area contributed by atoms with Gasteiger partial charge in [-0.2, -0.15) is 0 Å². The van der Waals surface area contributed by atoms with Crippen molar-refractivity contribution in [1.82, 2.24) is 0 Å². The fraction of sp³-hybridized carbons (Fsp3) is 0.467. The van der Waals surface area contributed by atoms with Gasteiger partial charge in [0.05, 0.1) is 24.2 Å². The van der Waals surface area contributed by atoms with Crippen LogP contribution in [0.1, 0.15) is 31.4 Å². The standard InChI is InChI=1S/C30H35NO10/c1-15-20(39-29-24(34)23(33)26(37-4)30(2,3)41-29)11-10-18-22(32)21(28(36)40-25(15)18)31-27(35)19-12-17(19)14-38-13-16-8-6-5-7-9-16/h5-11,17,19,23-24,26,29,32-34H,12-14H2,1-4H3,(H,31,35)/t17?,19?,23-,24+,26+,29+/m0/s1. The second kappa shape index (κ2) is 11.4. The summed E-state index contributed by atoms with van der Waals surface area (Å²) in [5.41, 5.74) is -0.804. The van der Waals surface area contributed by atoms with Crippen LogP contribution in [0.2, 0.25) is 0 Å². The molecule has 4 N–H and O–H groups in total. The lowest BCUT2D eigenvalue weighted by atomic mass is 9.89. The van der Waals surface area contributed by atoms with Gasteiger partial charge in [0.15, 0.2) is 11.4 Å². The minimum atomic E-state index is -1.42. The van der Waals surface area contributed by atoms with Crippen molar-refractivity contribution in [2.24, 2.45) is 11.8 Å². The van der Waals surface area contributed by atoms with Crippen molar-refractivity contribution in [2.75, 3.05) is 19.0 Å². The quantitative estimate of drug-likeness (QED) is 0.283. The zero-order valence-corrected chi connectivity index (χ0v) is 23.3. The number of aryl methyl sites for hydroxylation is 1. The van der Waals surface area contributed by atoms with Crippen LogP contribution in [0.3, 0.4) is 0 Å². The van der Waals surface area contributed by atoms with E-state index >= 15 is 0 Å². The molecule has 2 heterocycles. The Balaban J connectivity index is 1.27. The second-order valence-electron chi connectivity index (χ2n) is 11.1. The van der Waals surface area contributed by atoms with Crippen LogP contribution in [-0.4, -0.2) is 65.1 Å². The highest BCUT2D eigenvalue weighted by atomic mass is 16.7. The second-order valence-corrected chi connectivity index (χ2v) is 11.1. The average Bonchev–Trinajstić information content (AvgIpc) is 3.71. The van der Waals surface area contributed by atoms with Crippen molar-refractivity contribution in [3.8, 4) is 11.5 Å². The van der Waals surface area contributed by atoms with E-state index in [4.69, 9.17) is 23.4 Å². The molecule has 11 heteroatoms. The van der Waals surface area contributed by atoms with E-state index in [-0.39, 0.29) is 34.2 Å². The molecule has 0 spiro atoms. The first-order chi connectivity index (χ1) is 19.5. The number of methoxy groups -OCH3 is 1. The lowest BCUT2D eigenvalue weighted by molar-refractivity contribution is -0.306. The van der Waals surface area contributed by atoms with Gasteiger partial charge in [-0.1, -0.05) is 30.3 Å². The van der Waals surface area contributed by atoms with Gasteiger partial charge in [-0.15, -0.1) is 0 Å². The van der Waals surface area contributed by atoms with Gasteiger partial charge in [0.25, 0.3) is 0 Å². The zero-order valence-electron chi connectivity index (χ0n) is 23.3. The molecule has 11 nitrogen and oxygen atoms in total. The van der Waals surface area contributed by atoms with Crippen molar-refractivity contribution < 1.29 is 43.5 Å². The maximum atomic E-state index is 12.8. The van der Waals surface area contributed by atoms with Crippen LogP contribution >= 0.6 is 0 Å². The lowest BCUT2D eigenvalue weighted by Crippen LogP contribution is -2.63. The van der Waals surface area contributed by atoms with E-state index in [9.17, 15) is 24.9 Å². The summed E-state index contributed by atoms with van der Waals surface area (Å²) in [5.74, 6) is -0.926. The lowest BCUT2D eigenvalue weighted by Gasteiger charge is -2.46. The third-order valence-corrected chi connectivity index (χ3v) is 7.74. The van der Waals surface area contributed by atoms with Crippen LogP contribution in [0.4, 0.5) is 5.69 Å². The molecule has 1 aliphatic heterocycles. The number of amides is 1. The van der Waals surface area contributed by atoms with Gasteiger partial charge in [0, 0.05) is 18.6 Å². The molecule has 220 valence electrons. The summed E-state index contributed by atoms with van der Waals surface area (Å²) in [6, 6.07) is 12.7. The number of rotatable bonds is 9. The molecule has 1 saturated carbocycles. The Hall–Kier alpha value is -3.48. The van der Waals surface area contributed by atoms with Crippen LogP contribution in [0.15, 0.2) is 51.7 Å². The summed E-state index contributed by atoms with van der Waals surface area (Å²) in [5, 5.41) is 34.7. The summed E-state index contributed by atoms with van der Waals surface area (Å²) in [6.07, 6.45) is -4.11. The predicted molar refractivity (Wildman–Crippen MR) is 148 cm³/mol. The number of carbonyl (C=O) groups is 1. The Kier molecular flexibility index (Phi) is 8.09. The number of aromatic hydroxyl groups is 1. The molecular formula is C30H35NO10. The van der Waals surface area contributed by atoms with Crippen LogP contribution < -0.4 is 15.7 Å². The molecule has 0 bridgehead atoms. The maximum Gasteiger partial charge on any atom is 0.364 e. The van der Waals surface area contributed by atoms with Gasteiger partial charge in [-0.3, -0.25) is 4.79 Å². The minimum absolute atomic E-state index is 0.0234. The number of aliphatic hydroxyl groups is 2. The van der Waals surface area contributed by atoms with E-state index in [1.165, 1.54) is 19.2 Å². The van der Waals surface area contributed by atoms with Crippen molar-refractivity contribution in [2.45, 2.75) is 64.0 Å². The highest BCUT2D eigenvalue weighted by molar-refractivity contribution is 5.99.